The van der Waals surface area contributed by atoms with Gasteiger partial charge < -0.3 is 10.2 Å². The van der Waals surface area contributed by atoms with Crippen molar-refractivity contribution in [3.8, 4) is 0 Å². The molecule has 7 nitrogen and oxygen atoms in total. The van der Waals surface area contributed by atoms with Crippen LogP contribution in [0.2, 0.25) is 0 Å². The average molecular weight is 317 g/mol. The zero-order valence-corrected chi connectivity index (χ0v) is 14.6. The first kappa shape index (κ1) is 16.1. The third-order valence-electron chi connectivity index (χ3n) is 4.81. The summed E-state index contributed by atoms with van der Waals surface area (Å²) in [6.45, 7) is 9.89. The molecule has 126 valence electrons. The Labute approximate surface area is 137 Å². The van der Waals surface area contributed by atoms with E-state index in [4.69, 9.17) is 0 Å². The second-order valence-electron chi connectivity index (χ2n) is 6.53. The molecule has 1 aliphatic rings. The van der Waals surface area contributed by atoms with Crippen LogP contribution in [0.1, 0.15) is 19.0 Å². The number of rotatable bonds is 5. The van der Waals surface area contributed by atoms with Crippen LogP contribution in [0.4, 0.5) is 5.82 Å². The minimum absolute atomic E-state index is 0.587. The number of aromatic nitrogens is 4. The molecular weight excluding hydrogens is 290 g/mol. The van der Waals surface area contributed by atoms with Crippen LogP contribution in [0.3, 0.4) is 0 Å². The number of anilines is 1. The predicted octanol–water partition coefficient (Wildman–Crippen LogP) is 1.11. The molecule has 3 heterocycles. The van der Waals surface area contributed by atoms with Crippen molar-refractivity contribution in [2.75, 3.05) is 45.1 Å². The van der Waals surface area contributed by atoms with Crippen LogP contribution in [0, 0.1) is 6.92 Å². The summed E-state index contributed by atoms with van der Waals surface area (Å²) in [6.07, 6.45) is 2.71. The largest absolute Gasteiger partial charge is 0.369 e. The molecule has 3 rings (SSSR count). The molecule has 2 aromatic rings. The van der Waals surface area contributed by atoms with Gasteiger partial charge in [0, 0.05) is 45.8 Å². The summed E-state index contributed by atoms with van der Waals surface area (Å²) in [5, 5.41) is 8.94. The third-order valence-corrected chi connectivity index (χ3v) is 4.81. The van der Waals surface area contributed by atoms with E-state index in [1.807, 2.05) is 18.7 Å². The highest BCUT2D eigenvalue weighted by Gasteiger charge is 2.19. The molecular formula is C16H27N7. The van der Waals surface area contributed by atoms with E-state index in [9.17, 15) is 0 Å². The van der Waals surface area contributed by atoms with E-state index in [1.165, 1.54) is 13.1 Å². The Balaban J connectivity index is 1.59. The van der Waals surface area contributed by atoms with Gasteiger partial charge in [-0.1, -0.05) is 0 Å². The van der Waals surface area contributed by atoms with Crippen molar-refractivity contribution < 1.29 is 0 Å². The summed E-state index contributed by atoms with van der Waals surface area (Å²) in [6, 6.07) is 0.587. The highest BCUT2D eigenvalue weighted by atomic mass is 15.3. The maximum Gasteiger partial charge on any atom is 0.163 e. The molecule has 0 amide bonds. The molecule has 0 radical (unpaired) electrons. The van der Waals surface area contributed by atoms with Crippen molar-refractivity contribution in [3.63, 3.8) is 0 Å². The van der Waals surface area contributed by atoms with Crippen LogP contribution in [0.25, 0.3) is 11.0 Å². The quantitative estimate of drug-likeness (QED) is 0.891. The second-order valence-corrected chi connectivity index (χ2v) is 6.53. The van der Waals surface area contributed by atoms with Crippen molar-refractivity contribution in [2.24, 2.45) is 7.05 Å². The predicted molar refractivity (Wildman–Crippen MR) is 92.7 cm³/mol. The van der Waals surface area contributed by atoms with Crippen molar-refractivity contribution >= 4 is 16.9 Å². The minimum atomic E-state index is 0.587. The van der Waals surface area contributed by atoms with Crippen LogP contribution >= 0.6 is 0 Å². The van der Waals surface area contributed by atoms with Gasteiger partial charge in [0.25, 0.3) is 0 Å². The lowest BCUT2D eigenvalue weighted by atomic mass is 10.1. The lowest BCUT2D eigenvalue weighted by Gasteiger charge is -2.36. The molecule has 0 unspecified atom stereocenters. The van der Waals surface area contributed by atoms with Crippen LogP contribution in [-0.2, 0) is 7.05 Å². The molecule has 1 saturated heterocycles. The summed E-state index contributed by atoms with van der Waals surface area (Å²) in [5.41, 5.74) is 1.85. The molecule has 0 bridgehead atoms. The van der Waals surface area contributed by atoms with Crippen LogP contribution in [-0.4, -0.2) is 75.4 Å². The fourth-order valence-corrected chi connectivity index (χ4v) is 3.26. The van der Waals surface area contributed by atoms with Crippen molar-refractivity contribution in [2.45, 2.75) is 26.3 Å². The van der Waals surface area contributed by atoms with Crippen molar-refractivity contribution in [1.29, 1.82) is 0 Å². The molecule has 1 atom stereocenters. The molecule has 23 heavy (non-hydrogen) atoms. The van der Waals surface area contributed by atoms with Gasteiger partial charge in [-0.15, -0.1) is 0 Å². The lowest BCUT2D eigenvalue weighted by molar-refractivity contribution is 0.116. The van der Waals surface area contributed by atoms with Gasteiger partial charge in [0.15, 0.2) is 5.65 Å². The Morgan fingerprint density at radius 2 is 1.91 bits per heavy atom. The fourth-order valence-electron chi connectivity index (χ4n) is 3.26. The number of fused-ring (bicyclic) bond motifs is 1. The standard InChI is InChI=1S/C16H27N7/c1-12(23-9-7-21(3)8-10-23)5-6-17-15-14-13(2)20-22(4)16(14)19-11-18-15/h11-12H,5-10H2,1-4H3,(H,17,18,19)/t12-/m1/s1. The Hall–Kier alpha value is -1.73. The monoisotopic (exact) mass is 317 g/mol. The third kappa shape index (κ3) is 3.45. The molecule has 0 saturated carbocycles. The molecule has 1 N–H and O–H groups in total. The second kappa shape index (κ2) is 6.80. The number of hydrogen-bond acceptors (Lipinski definition) is 6. The van der Waals surface area contributed by atoms with E-state index in [0.29, 0.717) is 6.04 Å². The topological polar surface area (TPSA) is 62.1 Å². The van der Waals surface area contributed by atoms with E-state index in [2.05, 4.69) is 44.2 Å². The van der Waals surface area contributed by atoms with Gasteiger partial charge in [0.05, 0.1) is 11.1 Å². The summed E-state index contributed by atoms with van der Waals surface area (Å²) in [7, 11) is 4.11. The number of aryl methyl sites for hydroxylation is 2. The molecule has 0 spiro atoms. The van der Waals surface area contributed by atoms with Crippen LogP contribution < -0.4 is 5.32 Å². The molecule has 0 aliphatic carbocycles. The van der Waals surface area contributed by atoms with Crippen LogP contribution in [0.15, 0.2) is 6.33 Å². The summed E-state index contributed by atoms with van der Waals surface area (Å²) < 4.78 is 1.81. The average Bonchev–Trinajstić information content (AvgIpc) is 2.83. The number of nitrogens with one attached hydrogen (secondary N) is 1. The van der Waals surface area contributed by atoms with E-state index in [1.54, 1.807) is 6.33 Å². The molecule has 1 aliphatic heterocycles. The Bertz CT molecular complexity index is 658. The number of hydrogen-bond donors (Lipinski definition) is 1. The van der Waals surface area contributed by atoms with Crippen molar-refractivity contribution in [3.05, 3.63) is 12.0 Å². The fraction of sp³-hybridized carbons (Fsp3) is 0.688. The highest BCUT2D eigenvalue weighted by molar-refractivity contribution is 5.88. The van der Waals surface area contributed by atoms with Gasteiger partial charge in [0.1, 0.15) is 12.1 Å². The van der Waals surface area contributed by atoms with Gasteiger partial charge in [-0.3, -0.25) is 9.58 Å². The summed E-state index contributed by atoms with van der Waals surface area (Å²) in [5.74, 6) is 0.895. The number of piperazine rings is 1. The van der Waals surface area contributed by atoms with Crippen molar-refractivity contribution in [1.82, 2.24) is 29.5 Å². The number of nitrogens with zero attached hydrogens (tertiary/aromatic N) is 6. The maximum atomic E-state index is 4.44. The van der Waals surface area contributed by atoms with Gasteiger partial charge in [-0.05, 0) is 27.3 Å². The number of likely N-dealkylation sites (N-methyl/N-ethyl adjacent to an activating group) is 1. The molecule has 7 heteroatoms. The first-order valence-corrected chi connectivity index (χ1v) is 8.37. The normalized spacial score (nSPS) is 18.4. The SMILES string of the molecule is Cc1nn(C)c2ncnc(NCC[C@@H](C)N3CCN(C)CC3)c12. The highest BCUT2D eigenvalue weighted by Crippen LogP contribution is 2.22. The zero-order valence-electron chi connectivity index (χ0n) is 14.6. The molecule has 2 aromatic heterocycles. The lowest BCUT2D eigenvalue weighted by Crippen LogP contribution is -2.48. The maximum absolute atomic E-state index is 4.44. The first-order chi connectivity index (χ1) is 11.1. The smallest absolute Gasteiger partial charge is 0.163 e. The summed E-state index contributed by atoms with van der Waals surface area (Å²) in [4.78, 5) is 13.7. The molecule has 0 aromatic carbocycles. The van der Waals surface area contributed by atoms with Gasteiger partial charge >= 0.3 is 0 Å². The van der Waals surface area contributed by atoms with Gasteiger partial charge in [0.2, 0.25) is 0 Å². The Kier molecular flexibility index (Phi) is 4.77. The van der Waals surface area contributed by atoms with Gasteiger partial charge in [-0.2, -0.15) is 5.10 Å². The summed E-state index contributed by atoms with van der Waals surface area (Å²) >= 11 is 0. The zero-order chi connectivity index (χ0) is 16.4. The van der Waals surface area contributed by atoms with Gasteiger partial charge in [-0.25, -0.2) is 9.97 Å². The van der Waals surface area contributed by atoms with E-state index >= 15 is 0 Å². The molecule has 1 fully saturated rings. The Morgan fingerprint density at radius 3 is 2.65 bits per heavy atom. The van der Waals surface area contributed by atoms with E-state index in [0.717, 1.165) is 48.6 Å². The van der Waals surface area contributed by atoms with E-state index < -0.39 is 0 Å². The van der Waals surface area contributed by atoms with E-state index in [-0.39, 0.29) is 0 Å². The Morgan fingerprint density at radius 1 is 1.17 bits per heavy atom. The minimum Gasteiger partial charge on any atom is -0.369 e. The first-order valence-electron chi connectivity index (χ1n) is 8.37. The van der Waals surface area contributed by atoms with Crippen LogP contribution in [0.5, 0.6) is 0 Å².